The summed E-state index contributed by atoms with van der Waals surface area (Å²) in [7, 11) is 1.35. The van der Waals surface area contributed by atoms with Gasteiger partial charge in [0, 0.05) is 19.2 Å². The van der Waals surface area contributed by atoms with Crippen molar-refractivity contribution in [3.8, 4) is 0 Å². The molecule has 3 nitrogen and oxygen atoms in total. The summed E-state index contributed by atoms with van der Waals surface area (Å²) >= 11 is 0. The summed E-state index contributed by atoms with van der Waals surface area (Å²) in [6, 6.07) is 6.67. The van der Waals surface area contributed by atoms with Gasteiger partial charge in [0.25, 0.3) is 12.3 Å². The maximum absolute atomic E-state index is 12.1. The third-order valence-electron chi connectivity index (χ3n) is 2.17. The van der Waals surface area contributed by atoms with Crippen LogP contribution in [0.2, 0.25) is 0 Å². The van der Waals surface area contributed by atoms with Gasteiger partial charge in [-0.1, -0.05) is 12.1 Å². The second-order valence-electron chi connectivity index (χ2n) is 3.48. The van der Waals surface area contributed by atoms with Crippen LogP contribution in [-0.2, 0) is 6.54 Å². The highest BCUT2D eigenvalue weighted by atomic mass is 19.3. The Balaban J connectivity index is 2.79. The number of hydrogen-bond donors (Lipinski definition) is 1. The lowest BCUT2D eigenvalue weighted by Gasteiger charge is -2.16. The van der Waals surface area contributed by atoms with E-state index in [2.05, 4.69) is 0 Å². The number of benzene rings is 1. The van der Waals surface area contributed by atoms with Gasteiger partial charge in [0.15, 0.2) is 0 Å². The average molecular weight is 228 g/mol. The van der Waals surface area contributed by atoms with E-state index >= 15 is 0 Å². The van der Waals surface area contributed by atoms with Crippen LogP contribution in [0.4, 0.5) is 8.78 Å². The van der Waals surface area contributed by atoms with Gasteiger partial charge in [-0.25, -0.2) is 8.78 Å². The van der Waals surface area contributed by atoms with Gasteiger partial charge in [-0.3, -0.25) is 4.79 Å². The average Bonchev–Trinajstić information content (AvgIpc) is 2.27. The molecule has 0 aliphatic heterocycles. The van der Waals surface area contributed by atoms with Gasteiger partial charge in [0.1, 0.15) is 0 Å². The van der Waals surface area contributed by atoms with Crippen molar-refractivity contribution in [1.82, 2.24) is 4.90 Å². The minimum Gasteiger partial charge on any atom is -0.336 e. The fraction of sp³-hybridized carbons (Fsp3) is 0.364. The number of amides is 1. The highest BCUT2D eigenvalue weighted by Crippen LogP contribution is 2.08. The number of hydrogen-bond acceptors (Lipinski definition) is 2. The third-order valence-corrected chi connectivity index (χ3v) is 2.17. The molecule has 1 aromatic carbocycles. The Kier molecular flexibility index (Phi) is 4.37. The summed E-state index contributed by atoms with van der Waals surface area (Å²) in [6.07, 6.45) is -2.52. The Morgan fingerprint density at radius 2 is 2.19 bits per heavy atom. The lowest BCUT2D eigenvalue weighted by molar-refractivity contribution is 0.0620. The van der Waals surface area contributed by atoms with E-state index in [9.17, 15) is 13.6 Å². The molecule has 0 heterocycles. The molecule has 16 heavy (non-hydrogen) atoms. The first kappa shape index (κ1) is 12.6. The molecule has 0 atom stereocenters. The lowest BCUT2D eigenvalue weighted by Crippen LogP contribution is -2.31. The fourth-order valence-electron chi connectivity index (χ4n) is 1.34. The highest BCUT2D eigenvalue weighted by molar-refractivity contribution is 5.94. The van der Waals surface area contributed by atoms with Gasteiger partial charge in [-0.15, -0.1) is 0 Å². The van der Waals surface area contributed by atoms with Crippen LogP contribution in [-0.4, -0.2) is 30.8 Å². The van der Waals surface area contributed by atoms with E-state index < -0.39 is 18.9 Å². The molecule has 88 valence electrons. The van der Waals surface area contributed by atoms with E-state index in [1.807, 2.05) is 0 Å². The number of nitrogens with two attached hydrogens (primary N) is 1. The number of carbonyl (C=O) groups is 1. The van der Waals surface area contributed by atoms with Gasteiger partial charge in [-0.05, 0) is 17.7 Å². The molecular weight excluding hydrogens is 214 g/mol. The molecular formula is C11H14F2N2O. The van der Waals surface area contributed by atoms with Crippen molar-refractivity contribution >= 4 is 5.91 Å². The maximum atomic E-state index is 12.1. The number of carbonyl (C=O) groups excluding carboxylic acids is 1. The van der Waals surface area contributed by atoms with Gasteiger partial charge < -0.3 is 10.6 Å². The zero-order valence-corrected chi connectivity index (χ0v) is 8.99. The molecule has 0 spiro atoms. The fourth-order valence-corrected chi connectivity index (χ4v) is 1.34. The molecule has 0 bridgehead atoms. The zero-order chi connectivity index (χ0) is 12.1. The van der Waals surface area contributed by atoms with Crippen LogP contribution in [0.15, 0.2) is 24.3 Å². The summed E-state index contributed by atoms with van der Waals surface area (Å²) < 4.78 is 24.2. The van der Waals surface area contributed by atoms with Crippen molar-refractivity contribution in [3.05, 3.63) is 35.4 Å². The monoisotopic (exact) mass is 228 g/mol. The Labute approximate surface area is 92.8 Å². The van der Waals surface area contributed by atoms with E-state index in [0.717, 1.165) is 10.5 Å². The quantitative estimate of drug-likeness (QED) is 0.848. The second-order valence-corrected chi connectivity index (χ2v) is 3.48. The smallest absolute Gasteiger partial charge is 0.255 e. The van der Waals surface area contributed by atoms with Crippen LogP contribution in [0, 0.1) is 0 Å². The second kappa shape index (κ2) is 5.55. The van der Waals surface area contributed by atoms with Gasteiger partial charge in [-0.2, -0.15) is 0 Å². The Morgan fingerprint density at radius 1 is 1.50 bits per heavy atom. The van der Waals surface area contributed by atoms with Crippen molar-refractivity contribution < 1.29 is 13.6 Å². The van der Waals surface area contributed by atoms with Gasteiger partial charge in [0.2, 0.25) is 0 Å². The molecule has 0 saturated carbocycles. The third kappa shape index (κ3) is 3.27. The highest BCUT2D eigenvalue weighted by Gasteiger charge is 2.15. The Hall–Kier alpha value is -1.49. The van der Waals surface area contributed by atoms with Crippen LogP contribution in [0.3, 0.4) is 0 Å². The van der Waals surface area contributed by atoms with Crippen LogP contribution in [0.1, 0.15) is 15.9 Å². The first-order valence-electron chi connectivity index (χ1n) is 4.87. The van der Waals surface area contributed by atoms with Crippen molar-refractivity contribution in [2.45, 2.75) is 13.0 Å². The summed E-state index contributed by atoms with van der Waals surface area (Å²) in [6.45, 7) is -0.245. The first-order valence-corrected chi connectivity index (χ1v) is 4.87. The van der Waals surface area contributed by atoms with Crippen LogP contribution in [0.25, 0.3) is 0 Å². The van der Waals surface area contributed by atoms with Gasteiger partial charge in [0.05, 0.1) is 6.54 Å². The summed E-state index contributed by atoms with van der Waals surface area (Å²) in [5.41, 5.74) is 6.61. The minimum absolute atomic E-state index is 0.319. The van der Waals surface area contributed by atoms with Crippen LogP contribution >= 0.6 is 0 Å². The molecule has 1 amide bonds. The summed E-state index contributed by atoms with van der Waals surface area (Å²) in [4.78, 5) is 12.7. The number of halogens is 2. The SMILES string of the molecule is CN(CC(F)F)C(=O)c1cccc(CN)c1. The van der Waals surface area contributed by atoms with E-state index in [0.29, 0.717) is 12.1 Å². The normalized spacial score (nSPS) is 10.6. The molecule has 0 unspecified atom stereocenters. The molecule has 1 aromatic rings. The zero-order valence-electron chi connectivity index (χ0n) is 8.99. The van der Waals surface area contributed by atoms with Crippen molar-refractivity contribution in [3.63, 3.8) is 0 Å². The van der Waals surface area contributed by atoms with E-state index in [1.54, 1.807) is 24.3 Å². The molecule has 1 rings (SSSR count). The predicted octanol–water partition coefficient (Wildman–Crippen LogP) is 1.48. The largest absolute Gasteiger partial charge is 0.336 e. The van der Waals surface area contributed by atoms with E-state index in [-0.39, 0.29) is 0 Å². The Morgan fingerprint density at radius 3 is 2.75 bits per heavy atom. The van der Waals surface area contributed by atoms with E-state index in [4.69, 9.17) is 5.73 Å². The standard InChI is InChI=1S/C11H14F2N2O/c1-15(7-10(12)13)11(16)9-4-2-3-8(5-9)6-14/h2-5,10H,6-7,14H2,1H3. The molecule has 0 aromatic heterocycles. The van der Waals surface area contributed by atoms with Gasteiger partial charge >= 0.3 is 0 Å². The molecule has 5 heteroatoms. The summed E-state index contributed by atoms with van der Waals surface area (Å²) in [5.74, 6) is -0.421. The minimum atomic E-state index is -2.52. The van der Waals surface area contributed by atoms with Crippen LogP contribution in [0.5, 0.6) is 0 Å². The number of nitrogens with zero attached hydrogens (tertiary/aromatic N) is 1. The topological polar surface area (TPSA) is 46.3 Å². The Bertz CT molecular complexity index is 369. The van der Waals surface area contributed by atoms with Crippen LogP contribution < -0.4 is 5.73 Å². The van der Waals surface area contributed by atoms with E-state index in [1.165, 1.54) is 7.05 Å². The molecule has 2 N–H and O–H groups in total. The molecule has 0 aliphatic carbocycles. The summed E-state index contributed by atoms with van der Waals surface area (Å²) in [5, 5.41) is 0. The maximum Gasteiger partial charge on any atom is 0.255 e. The predicted molar refractivity (Wildman–Crippen MR) is 57.3 cm³/mol. The van der Waals surface area contributed by atoms with Crippen molar-refractivity contribution in [2.24, 2.45) is 5.73 Å². The van der Waals surface area contributed by atoms with Crippen molar-refractivity contribution in [1.29, 1.82) is 0 Å². The lowest BCUT2D eigenvalue weighted by atomic mass is 10.1. The number of rotatable bonds is 4. The number of alkyl halides is 2. The molecule has 0 saturated heterocycles. The first-order chi connectivity index (χ1) is 7.54. The van der Waals surface area contributed by atoms with Crippen molar-refractivity contribution in [2.75, 3.05) is 13.6 Å². The molecule has 0 aliphatic rings. The molecule has 0 radical (unpaired) electrons. The molecule has 0 fully saturated rings.